The van der Waals surface area contributed by atoms with E-state index in [1.807, 2.05) is 24.3 Å². The summed E-state index contributed by atoms with van der Waals surface area (Å²) in [5, 5.41) is 5.12. The van der Waals surface area contributed by atoms with Gasteiger partial charge in [-0.1, -0.05) is 48.5 Å². The molecule has 116 valence electrons. The minimum absolute atomic E-state index is 0.0699. The van der Waals surface area contributed by atoms with E-state index >= 15 is 0 Å². The molecule has 3 rings (SSSR count). The minimum Gasteiger partial charge on any atom is -0.225 e. The van der Waals surface area contributed by atoms with E-state index in [0.717, 1.165) is 22.3 Å². The van der Waals surface area contributed by atoms with E-state index in [9.17, 15) is 12.8 Å². The first-order valence-electron chi connectivity index (χ1n) is 6.93. The van der Waals surface area contributed by atoms with Crippen LogP contribution in [-0.4, -0.2) is 8.42 Å². The van der Waals surface area contributed by atoms with Crippen molar-refractivity contribution in [3.63, 3.8) is 0 Å². The Kier molecular flexibility index (Phi) is 3.98. The van der Waals surface area contributed by atoms with Gasteiger partial charge in [-0.25, -0.2) is 17.9 Å². The van der Waals surface area contributed by atoms with Crippen molar-refractivity contribution in [1.29, 1.82) is 0 Å². The van der Waals surface area contributed by atoms with Crippen LogP contribution in [0.4, 0.5) is 4.39 Å². The van der Waals surface area contributed by atoms with Gasteiger partial charge in [0, 0.05) is 0 Å². The van der Waals surface area contributed by atoms with Crippen molar-refractivity contribution in [2.24, 2.45) is 5.14 Å². The summed E-state index contributed by atoms with van der Waals surface area (Å²) in [7, 11) is -3.71. The van der Waals surface area contributed by atoms with Gasteiger partial charge in [-0.3, -0.25) is 0 Å². The summed E-state index contributed by atoms with van der Waals surface area (Å²) < 4.78 is 35.8. The highest BCUT2D eigenvalue weighted by molar-refractivity contribution is 7.89. The first-order valence-corrected chi connectivity index (χ1v) is 8.48. The minimum atomic E-state index is -3.71. The highest BCUT2D eigenvalue weighted by Crippen LogP contribution is 2.32. The molecule has 0 spiro atoms. The van der Waals surface area contributed by atoms with Crippen LogP contribution >= 0.6 is 0 Å². The fraction of sp³-hybridized carbons (Fsp3) is 0. The lowest BCUT2D eigenvalue weighted by molar-refractivity contribution is 0.598. The van der Waals surface area contributed by atoms with Gasteiger partial charge in [0.05, 0.1) is 4.90 Å². The number of hydrogen-bond donors (Lipinski definition) is 1. The standard InChI is InChI=1S/C18H14FNO2S/c19-15-9-5-13(6-10-15)17-3-1-2-4-18(17)14-7-11-16(12-8-14)23(20,21)22/h1-12H,(H2,20,21,22). The third kappa shape index (κ3) is 3.31. The highest BCUT2D eigenvalue weighted by Gasteiger charge is 2.10. The van der Waals surface area contributed by atoms with E-state index in [-0.39, 0.29) is 10.7 Å². The van der Waals surface area contributed by atoms with Crippen molar-refractivity contribution in [3.8, 4) is 22.3 Å². The van der Waals surface area contributed by atoms with Crippen LogP contribution < -0.4 is 5.14 Å². The van der Waals surface area contributed by atoms with Gasteiger partial charge >= 0.3 is 0 Å². The first kappa shape index (κ1) is 15.4. The lowest BCUT2D eigenvalue weighted by Gasteiger charge is -2.10. The summed E-state index contributed by atoms with van der Waals surface area (Å²) in [6.07, 6.45) is 0. The fourth-order valence-electron chi connectivity index (χ4n) is 2.44. The van der Waals surface area contributed by atoms with E-state index in [1.54, 1.807) is 24.3 Å². The summed E-state index contributed by atoms with van der Waals surface area (Å²) in [4.78, 5) is 0.0699. The van der Waals surface area contributed by atoms with Crippen molar-refractivity contribution < 1.29 is 12.8 Å². The lowest BCUT2D eigenvalue weighted by Crippen LogP contribution is -2.11. The van der Waals surface area contributed by atoms with Crippen LogP contribution in [-0.2, 0) is 10.0 Å². The third-order valence-electron chi connectivity index (χ3n) is 3.58. The molecule has 0 aliphatic carbocycles. The van der Waals surface area contributed by atoms with Gasteiger partial charge in [0.2, 0.25) is 10.0 Å². The Morgan fingerprint density at radius 3 is 1.57 bits per heavy atom. The van der Waals surface area contributed by atoms with Crippen LogP contribution in [0.2, 0.25) is 0 Å². The number of halogens is 1. The van der Waals surface area contributed by atoms with E-state index < -0.39 is 10.0 Å². The molecule has 0 saturated heterocycles. The van der Waals surface area contributed by atoms with Crippen LogP contribution in [0.1, 0.15) is 0 Å². The van der Waals surface area contributed by atoms with Crippen LogP contribution in [0.25, 0.3) is 22.3 Å². The van der Waals surface area contributed by atoms with E-state index in [0.29, 0.717) is 0 Å². The molecule has 2 N–H and O–H groups in total. The van der Waals surface area contributed by atoms with Gasteiger partial charge in [-0.05, 0) is 46.5 Å². The second-order valence-corrected chi connectivity index (χ2v) is 6.68. The van der Waals surface area contributed by atoms with Crippen LogP contribution in [0.3, 0.4) is 0 Å². The molecule has 3 aromatic carbocycles. The SMILES string of the molecule is NS(=O)(=O)c1ccc(-c2ccccc2-c2ccc(F)cc2)cc1. The molecule has 23 heavy (non-hydrogen) atoms. The van der Waals surface area contributed by atoms with Gasteiger partial charge in [0.25, 0.3) is 0 Å². The van der Waals surface area contributed by atoms with E-state index in [4.69, 9.17) is 5.14 Å². The maximum Gasteiger partial charge on any atom is 0.238 e. The Labute approximate surface area is 134 Å². The van der Waals surface area contributed by atoms with Gasteiger partial charge in [0.15, 0.2) is 0 Å². The summed E-state index contributed by atoms with van der Waals surface area (Å²) in [6.45, 7) is 0. The Morgan fingerprint density at radius 2 is 1.13 bits per heavy atom. The molecule has 0 amide bonds. The summed E-state index contributed by atoms with van der Waals surface area (Å²) in [6, 6.07) is 20.3. The third-order valence-corrected chi connectivity index (χ3v) is 4.51. The van der Waals surface area contributed by atoms with Crippen LogP contribution in [0.15, 0.2) is 77.7 Å². The average molecular weight is 327 g/mol. The summed E-state index contributed by atoms with van der Waals surface area (Å²) >= 11 is 0. The number of nitrogens with two attached hydrogens (primary N) is 1. The van der Waals surface area contributed by atoms with Crippen molar-refractivity contribution in [2.75, 3.05) is 0 Å². The second-order valence-electron chi connectivity index (χ2n) is 5.12. The Morgan fingerprint density at radius 1 is 0.696 bits per heavy atom. The van der Waals surface area contributed by atoms with Crippen LogP contribution in [0.5, 0.6) is 0 Å². The molecule has 3 nitrogen and oxygen atoms in total. The van der Waals surface area contributed by atoms with Gasteiger partial charge in [-0.15, -0.1) is 0 Å². The highest BCUT2D eigenvalue weighted by atomic mass is 32.2. The molecular formula is C18H14FNO2S. The van der Waals surface area contributed by atoms with Gasteiger partial charge in [0.1, 0.15) is 5.82 Å². The molecule has 0 aliphatic heterocycles. The predicted molar refractivity (Wildman–Crippen MR) is 88.6 cm³/mol. The molecule has 0 aliphatic rings. The molecule has 3 aromatic rings. The first-order chi connectivity index (χ1) is 10.9. The van der Waals surface area contributed by atoms with Crippen molar-refractivity contribution >= 4 is 10.0 Å². The fourth-order valence-corrected chi connectivity index (χ4v) is 2.96. The maximum atomic E-state index is 13.1. The van der Waals surface area contributed by atoms with Crippen LogP contribution in [0, 0.1) is 5.82 Å². The molecular weight excluding hydrogens is 313 g/mol. The summed E-state index contributed by atoms with van der Waals surface area (Å²) in [5.41, 5.74) is 3.62. The zero-order valence-electron chi connectivity index (χ0n) is 12.1. The number of hydrogen-bond acceptors (Lipinski definition) is 2. The van der Waals surface area contributed by atoms with E-state index in [1.165, 1.54) is 24.3 Å². The summed E-state index contributed by atoms with van der Waals surface area (Å²) in [5.74, 6) is -0.288. The average Bonchev–Trinajstić information content (AvgIpc) is 2.55. The second kappa shape index (κ2) is 5.95. The topological polar surface area (TPSA) is 60.2 Å². The largest absolute Gasteiger partial charge is 0.238 e. The number of primary sulfonamides is 1. The van der Waals surface area contributed by atoms with Crippen molar-refractivity contribution in [2.45, 2.75) is 4.90 Å². The van der Waals surface area contributed by atoms with E-state index in [2.05, 4.69) is 0 Å². The molecule has 0 radical (unpaired) electrons. The number of sulfonamides is 1. The zero-order valence-corrected chi connectivity index (χ0v) is 12.9. The van der Waals surface area contributed by atoms with Gasteiger partial charge in [-0.2, -0.15) is 0 Å². The normalized spacial score (nSPS) is 11.4. The molecule has 0 aromatic heterocycles. The van der Waals surface area contributed by atoms with Crippen molar-refractivity contribution in [3.05, 3.63) is 78.6 Å². The molecule has 0 saturated carbocycles. The zero-order chi connectivity index (χ0) is 16.4. The molecule has 5 heteroatoms. The lowest BCUT2D eigenvalue weighted by atomic mass is 9.95. The Balaban J connectivity index is 2.09. The predicted octanol–water partition coefficient (Wildman–Crippen LogP) is 3.81. The maximum absolute atomic E-state index is 13.1. The number of rotatable bonds is 3. The molecule has 0 atom stereocenters. The molecule has 0 unspecified atom stereocenters. The van der Waals surface area contributed by atoms with Gasteiger partial charge < -0.3 is 0 Å². The molecule has 0 bridgehead atoms. The molecule has 0 heterocycles. The monoisotopic (exact) mass is 327 g/mol. The smallest absolute Gasteiger partial charge is 0.225 e. The number of benzene rings is 3. The van der Waals surface area contributed by atoms with Crippen molar-refractivity contribution in [1.82, 2.24) is 0 Å². The Hall–Kier alpha value is -2.50. The quantitative estimate of drug-likeness (QED) is 0.795. The molecule has 0 fully saturated rings. The Bertz CT molecular complexity index is 934.